The molecule has 0 aliphatic heterocycles. The summed E-state index contributed by atoms with van der Waals surface area (Å²) in [7, 11) is 0. The van der Waals surface area contributed by atoms with Gasteiger partial charge in [0.1, 0.15) is 0 Å². The number of rotatable bonds is 8. The third kappa shape index (κ3) is 7.65. The standard InChI is InChI=1S/C73H59NS/c1-71(2,3)53-45-50(46-54(47-53)72(4,5)6)57-32-19-23-49-24-20-34-59(68(49)57)58-29-14-17-37-64(58)74(65-38-22-40-67-70(65)61-31-15-18-39-66(61)75-67)55-43-41-48(42-44-55)56-33-21-36-63-69(56)60-30-13-16-35-62(60)73(63,51-25-9-7-10-26-51)52-27-11-8-12-28-52/h7-47H,1-6H3. The van der Waals surface area contributed by atoms with E-state index in [9.17, 15) is 0 Å². The van der Waals surface area contributed by atoms with Crippen LogP contribution in [0, 0.1) is 0 Å². The minimum atomic E-state index is -0.474. The summed E-state index contributed by atoms with van der Waals surface area (Å²) in [6.07, 6.45) is 0. The quantitative estimate of drug-likeness (QED) is 0.147. The van der Waals surface area contributed by atoms with Crippen LogP contribution in [0.1, 0.15) is 74.9 Å². The second-order valence-electron chi connectivity index (χ2n) is 22.4. The Morgan fingerprint density at radius 3 is 1.57 bits per heavy atom. The Balaban J connectivity index is 1.02. The highest BCUT2D eigenvalue weighted by atomic mass is 32.1. The second kappa shape index (κ2) is 18.0. The summed E-state index contributed by atoms with van der Waals surface area (Å²) in [6, 6.07) is 93.4. The SMILES string of the molecule is CC(C)(C)c1cc(-c2cccc3cccc(-c4ccccc4N(c4ccc(-c5cccc6c5-c5ccccc5C6(c5ccccc5)c5ccccc5)cc4)c4cccc5sc6ccccc6c45)c23)cc(C(C)(C)C)c1. The normalized spacial score (nSPS) is 13.0. The minimum Gasteiger partial charge on any atom is -0.309 e. The lowest BCUT2D eigenvalue weighted by Crippen LogP contribution is -2.28. The molecule has 0 atom stereocenters. The van der Waals surface area contributed by atoms with E-state index in [4.69, 9.17) is 0 Å². The Bertz CT molecular complexity index is 4050. The Hall–Kier alpha value is -8.30. The molecule has 0 spiro atoms. The first-order chi connectivity index (χ1) is 36.5. The van der Waals surface area contributed by atoms with E-state index in [2.05, 4.69) is 295 Å². The van der Waals surface area contributed by atoms with Crippen LogP contribution in [0.3, 0.4) is 0 Å². The Kier molecular flexibility index (Phi) is 11.1. The molecule has 0 N–H and O–H groups in total. The lowest BCUT2D eigenvalue weighted by Gasteiger charge is -2.34. The molecule has 2 heteroatoms. The summed E-state index contributed by atoms with van der Waals surface area (Å²) < 4.78 is 2.56. The van der Waals surface area contributed by atoms with Crippen LogP contribution < -0.4 is 4.90 Å². The van der Waals surface area contributed by atoms with Crippen molar-refractivity contribution in [2.75, 3.05) is 4.90 Å². The minimum absolute atomic E-state index is 0.0150. The van der Waals surface area contributed by atoms with Crippen LogP contribution in [0.2, 0.25) is 0 Å². The summed E-state index contributed by atoms with van der Waals surface area (Å²) in [5.41, 5.74) is 20.6. The fourth-order valence-corrected chi connectivity index (χ4v) is 13.4. The van der Waals surface area contributed by atoms with Gasteiger partial charge in [0.05, 0.1) is 16.8 Å². The van der Waals surface area contributed by atoms with E-state index in [-0.39, 0.29) is 10.8 Å². The van der Waals surface area contributed by atoms with Gasteiger partial charge >= 0.3 is 0 Å². The van der Waals surface area contributed by atoms with Crippen LogP contribution in [0.4, 0.5) is 17.1 Å². The molecule has 1 aromatic heterocycles. The maximum atomic E-state index is 2.53. The summed E-state index contributed by atoms with van der Waals surface area (Å²) >= 11 is 1.87. The molecule has 0 unspecified atom stereocenters. The first kappa shape index (κ1) is 46.5. The molecular weight excluding hydrogens is 923 g/mol. The molecule has 0 radical (unpaired) electrons. The van der Waals surface area contributed by atoms with Crippen LogP contribution >= 0.6 is 11.3 Å². The van der Waals surface area contributed by atoms with E-state index in [1.165, 1.54) is 109 Å². The van der Waals surface area contributed by atoms with Crippen LogP contribution in [-0.2, 0) is 16.2 Å². The molecule has 1 nitrogen and oxygen atoms in total. The highest BCUT2D eigenvalue weighted by Gasteiger charge is 2.46. The molecular formula is C73H59NS. The number of para-hydroxylation sites is 1. The van der Waals surface area contributed by atoms with Crippen molar-refractivity contribution >= 4 is 59.3 Å². The summed E-state index contributed by atoms with van der Waals surface area (Å²) in [6.45, 7) is 14.0. The van der Waals surface area contributed by atoms with Gasteiger partial charge in [-0.2, -0.15) is 0 Å². The molecule has 11 aromatic carbocycles. The van der Waals surface area contributed by atoms with E-state index in [0.29, 0.717) is 0 Å². The van der Waals surface area contributed by atoms with Crippen LogP contribution in [0.15, 0.2) is 249 Å². The second-order valence-corrected chi connectivity index (χ2v) is 23.5. The largest absolute Gasteiger partial charge is 0.309 e. The fourth-order valence-electron chi connectivity index (χ4n) is 12.2. The van der Waals surface area contributed by atoms with Gasteiger partial charge < -0.3 is 4.90 Å². The third-order valence-electron chi connectivity index (χ3n) is 15.9. The van der Waals surface area contributed by atoms with Crippen molar-refractivity contribution in [3.63, 3.8) is 0 Å². The smallest absolute Gasteiger partial charge is 0.0713 e. The average molecular weight is 982 g/mol. The van der Waals surface area contributed by atoms with Gasteiger partial charge in [-0.25, -0.2) is 0 Å². The highest BCUT2D eigenvalue weighted by molar-refractivity contribution is 7.26. The molecule has 0 saturated heterocycles. The van der Waals surface area contributed by atoms with E-state index in [0.717, 1.165) is 17.1 Å². The number of nitrogens with zero attached hydrogens (tertiary/aromatic N) is 1. The van der Waals surface area contributed by atoms with Gasteiger partial charge in [0, 0.05) is 31.4 Å². The number of anilines is 3. The predicted molar refractivity (Wildman–Crippen MR) is 323 cm³/mol. The first-order valence-corrected chi connectivity index (χ1v) is 27.2. The van der Waals surface area contributed by atoms with Crippen LogP contribution in [-0.4, -0.2) is 0 Å². The van der Waals surface area contributed by atoms with Gasteiger partial charge in [0.25, 0.3) is 0 Å². The van der Waals surface area contributed by atoms with E-state index < -0.39 is 5.41 Å². The van der Waals surface area contributed by atoms with Gasteiger partial charge in [-0.3, -0.25) is 0 Å². The molecule has 0 amide bonds. The van der Waals surface area contributed by atoms with Crippen LogP contribution in [0.25, 0.3) is 75.5 Å². The Morgan fingerprint density at radius 2 is 0.880 bits per heavy atom. The van der Waals surface area contributed by atoms with Gasteiger partial charge in [-0.05, 0) is 130 Å². The highest BCUT2D eigenvalue weighted by Crippen LogP contribution is 2.58. The van der Waals surface area contributed by atoms with Crippen molar-refractivity contribution in [2.45, 2.75) is 57.8 Å². The Labute approximate surface area is 446 Å². The number of hydrogen-bond acceptors (Lipinski definition) is 2. The van der Waals surface area contributed by atoms with Gasteiger partial charge in [-0.15, -0.1) is 11.3 Å². The monoisotopic (exact) mass is 981 g/mol. The van der Waals surface area contributed by atoms with Crippen molar-refractivity contribution in [1.29, 1.82) is 0 Å². The number of fused-ring (bicyclic) bond motifs is 7. The fraction of sp³-hybridized carbons (Fsp3) is 0.123. The van der Waals surface area contributed by atoms with Crippen molar-refractivity contribution in [2.24, 2.45) is 0 Å². The first-order valence-electron chi connectivity index (χ1n) is 26.4. The average Bonchev–Trinajstić information content (AvgIpc) is 3.99. The zero-order valence-electron chi connectivity index (χ0n) is 43.5. The molecule has 0 bridgehead atoms. The van der Waals surface area contributed by atoms with Gasteiger partial charge in [0.15, 0.2) is 0 Å². The number of thiophene rings is 1. The maximum absolute atomic E-state index is 2.53. The predicted octanol–water partition coefficient (Wildman–Crippen LogP) is 20.6. The zero-order chi connectivity index (χ0) is 51.1. The van der Waals surface area contributed by atoms with Crippen molar-refractivity contribution in [1.82, 2.24) is 0 Å². The molecule has 0 saturated carbocycles. The molecule has 13 rings (SSSR count). The topological polar surface area (TPSA) is 3.24 Å². The van der Waals surface area contributed by atoms with Crippen molar-refractivity contribution in [3.8, 4) is 44.5 Å². The lowest BCUT2D eigenvalue weighted by molar-refractivity contribution is 0.569. The molecule has 0 fully saturated rings. The summed E-state index contributed by atoms with van der Waals surface area (Å²) in [4.78, 5) is 2.53. The van der Waals surface area contributed by atoms with Gasteiger partial charge in [-0.1, -0.05) is 254 Å². The van der Waals surface area contributed by atoms with E-state index in [1.54, 1.807) is 0 Å². The Morgan fingerprint density at radius 1 is 0.360 bits per heavy atom. The molecule has 75 heavy (non-hydrogen) atoms. The summed E-state index contributed by atoms with van der Waals surface area (Å²) in [5.74, 6) is 0. The van der Waals surface area contributed by atoms with Crippen molar-refractivity contribution < 1.29 is 0 Å². The van der Waals surface area contributed by atoms with E-state index in [1.807, 2.05) is 11.3 Å². The van der Waals surface area contributed by atoms with Crippen LogP contribution in [0.5, 0.6) is 0 Å². The molecule has 12 aromatic rings. The summed E-state index contributed by atoms with van der Waals surface area (Å²) in [5, 5.41) is 5.01. The number of benzene rings is 11. The third-order valence-corrected chi connectivity index (χ3v) is 17.0. The number of hydrogen-bond donors (Lipinski definition) is 0. The van der Waals surface area contributed by atoms with Gasteiger partial charge in [0.2, 0.25) is 0 Å². The molecule has 362 valence electrons. The van der Waals surface area contributed by atoms with E-state index >= 15 is 0 Å². The molecule has 1 aliphatic carbocycles. The maximum Gasteiger partial charge on any atom is 0.0713 e. The zero-order valence-corrected chi connectivity index (χ0v) is 44.3. The molecule has 1 heterocycles. The lowest BCUT2D eigenvalue weighted by atomic mass is 9.67. The van der Waals surface area contributed by atoms with Crippen molar-refractivity contribution in [3.05, 3.63) is 282 Å². The molecule has 1 aliphatic rings.